The van der Waals surface area contributed by atoms with Gasteiger partial charge in [0.1, 0.15) is 0 Å². The Morgan fingerprint density at radius 1 is 1.47 bits per heavy atom. The fourth-order valence-electron chi connectivity index (χ4n) is 0.918. The van der Waals surface area contributed by atoms with Crippen LogP contribution in [0.15, 0.2) is 5.38 Å². The van der Waals surface area contributed by atoms with Crippen molar-refractivity contribution in [2.75, 3.05) is 5.73 Å². The van der Waals surface area contributed by atoms with Crippen molar-refractivity contribution in [3.8, 4) is 0 Å². The van der Waals surface area contributed by atoms with Crippen molar-refractivity contribution in [2.45, 2.75) is 19.4 Å². The number of amides is 2. The number of carbonyl (C=O) groups excluding carboxylic acids is 2. The summed E-state index contributed by atoms with van der Waals surface area (Å²) in [4.78, 5) is 25.5. The van der Waals surface area contributed by atoms with Gasteiger partial charge in [0.25, 0.3) is 0 Å². The van der Waals surface area contributed by atoms with Crippen molar-refractivity contribution in [1.29, 1.82) is 0 Å². The summed E-state index contributed by atoms with van der Waals surface area (Å²) >= 11 is 1.32. The van der Waals surface area contributed by atoms with Gasteiger partial charge >= 0.3 is 0 Å². The third-order valence-electron chi connectivity index (χ3n) is 1.63. The second-order valence-electron chi connectivity index (χ2n) is 2.92. The predicted octanol–water partition coefficient (Wildman–Crippen LogP) is -0.393. The van der Waals surface area contributed by atoms with Crippen LogP contribution in [0.3, 0.4) is 0 Å². The number of rotatable bonds is 5. The third kappa shape index (κ3) is 4.41. The molecular weight excluding hydrogens is 216 g/mol. The standard InChI is InChI=1S/C8H12N4O2S/c9-6(13)1-2-7(14)11-3-5-4-15-8(10)12-5/h4H,1-3H2,(H2,9,13)(H2,10,12)(H,11,14). The number of carbonyl (C=O) groups is 2. The van der Waals surface area contributed by atoms with Gasteiger partial charge in [-0.15, -0.1) is 11.3 Å². The quantitative estimate of drug-likeness (QED) is 0.637. The fourth-order valence-corrected chi connectivity index (χ4v) is 1.48. The maximum atomic E-state index is 11.2. The third-order valence-corrected chi connectivity index (χ3v) is 2.36. The monoisotopic (exact) mass is 228 g/mol. The minimum absolute atomic E-state index is 0.0606. The number of anilines is 1. The zero-order chi connectivity index (χ0) is 11.3. The Hall–Kier alpha value is -1.63. The highest BCUT2D eigenvalue weighted by atomic mass is 32.1. The largest absolute Gasteiger partial charge is 0.375 e. The lowest BCUT2D eigenvalue weighted by molar-refractivity contribution is -0.125. The Balaban J connectivity index is 2.25. The molecule has 2 amide bonds. The summed E-state index contributed by atoms with van der Waals surface area (Å²) in [5.41, 5.74) is 11.0. The molecule has 1 aromatic rings. The highest BCUT2D eigenvalue weighted by Crippen LogP contribution is 2.10. The minimum atomic E-state index is -0.483. The molecule has 82 valence electrons. The molecule has 1 aromatic heterocycles. The van der Waals surface area contributed by atoms with Gasteiger partial charge in [0.2, 0.25) is 11.8 Å². The van der Waals surface area contributed by atoms with Crippen molar-refractivity contribution in [1.82, 2.24) is 10.3 Å². The molecule has 0 bridgehead atoms. The highest BCUT2D eigenvalue weighted by Gasteiger charge is 2.05. The number of nitrogens with two attached hydrogens (primary N) is 2. The van der Waals surface area contributed by atoms with E-state index in [9.17, 15) is 9.59 Å². The fraction of sp³-hybridized carbons (Fsp3) is 0.375. The topological polar surface area (TPSA) is 111 Å². The van der Waals surface area contributed by atoms with E-state index < -0.39 is 5.91 Å². The Morgan fingerprint density at radius 3 is 2.73 bits per heavy atom. The van der Waals surface area contributed by atoms with Crippen molar-refractivity contribution < 1.29 is 9.59 Å². The maximum Gasteiger partial charge on any atom is 0.220 e. The van der Waals surface area contributed by atoms with E-state index in [2.05, 4.69) is 10.3 Å². The molecule has 0 aliphatic heterocycles. The number of aromatic nitrogens is 1. The van der Waals surface area contributed by atoms with Crippen molar-refractivity contribution in [3.63, 3.8) is 0 Å². The van der Waals surface area contributed by atoms with Gasteiger partial charge in [-0.05, 0) is 0 Å². The summed E-state index contributed by atoms with van der Waals surface area (Å²) in [5.74, 6) is -0.705. The molecule has 0 aromatic carbocycles. The van der Waals surface area contributed by atoms with Gasteiger partial charge in [0, 0.05) is 18.2 Å². The van der Waals surface area contributed by atoms with Crippen LogP contribution in [0.2, 0.25) is 0 Å². The van der Waals surface area contributed by atoms with Crippen LogP contribution in [0, 0.1) is 0 Å². The average molecular weight is 228 g/mol. The Kier molecular flexibility index (Phi) is 4.04. The first-order chi connectivity index (χ1) is 7.08. The first kappa shape index (κ1) is 11.4. The Morgan fingerprint density at radius 2 is 2.20 bits per heavy atom. The van der Waals surface area contributed by atoms with Gasteiger partial charge in [-0.3, -0.25) is 9.59 Å². The van der Waals surface area contributed by atoms with Gasteiger partial charge < -0.3 is 16.8 Å². The molecule has 5 N–H and O–H groups in total. The van der Waals surface area contributed by atoms with Gasteiger partial charge in [-0.25, -0.2) is 4.98 Å². The van der Waals surface area contributed by atoms with E-state index in [0.717, 1.165) is 0 Å². The average Bonchev–Trinajstić information content (AvgIpc) is 2.58. The summed E-state index contributed by atoms with van der Waals surface area (Å²) in [6.07, 6.45) is 0.167. The van der Waals surface area contributed by atoms with Crippen molar-refractivity contribution >= 4 is 28.3 Å². The molecule has 6 nitrogen and oxygen atoms in total. The van der Waals surface area contributed by atoms with E-state index in [1.165, 1.54) is 11.3 Å². The van der Waals surface area contributed by atoms with Crippen molar-refractivity contribution in [2.24, 2.45) is 5.73 Å². The summed E-state index contributed by atoms with van der Waals surface area (Å²) in [6, 6.07) is 0. The number of hydrogen-bond donors (Lipinski definition) is 3. The molecule has 1 rings (SSSR count). The number of nitrogen functional groups attached to an aromatic ring is 1. The van der Waals surface area contributed by atoms with Crippen LogP contribution in [0.4, 0.5) is 5.13 Å². The van der Waals surface area contributed by atoms with Crippen LogP contribution in [0.5, 0.6) is 0 Å². The molecule has 0 saturated heterocycles. The van der Waals surface area contributed by atoms with Crippen LogP contribution in [0.25, 0.3) is 0 Å². The molecule has 0 unspecified atom stereocenters. The van der Waals surface area contributed by atoms with Gasteiger partial charge in [0.15, 0.2) is 5.13 Å². The second-order valence-corrected chi connectivity index (χ2v) is 3.81. The van der Waals surface area contributed by atoms with E-state index >= 15 is 0 Å². The molecule has 0 spiro atoms. The lowest BCUT2D eigenvalue weighted by Crippen LogP contribution is -2.24. The van der Waals surface area contributed by atoms with Crippen LogP contribution in [-0.4, -0.2) is 16.8 Å². The van der Waals surface area contributed by atoms with E-state index in [1.54, 1.807) is 5.38 Å². The van der Waals surface area contributed by atoms with E-state index in [0.29, 0.717) is 17.4 Å². The van der Waals surface area contributed by atoms with Gasteiger partial charge in [0.05, 0.1) is 12.2 Å². The second kappa shape index (κ2) is 5.30. The van der Waals surface area contributed by atoms with E-state index in [4.69, 9.17) is 11.5 Å². The summed E-state index contributed by atoms with van der Waals surface area (Å²) < 4.78 is 0. The van der Waals surface area contributed by atoms with Crippen LogP contribution in [0.1, 0.15) is 18.5 Å². The normalized spacial score (nSPS) is 9.87. The maximum absolute atomic E-state index is 11.2. The van der Waals surface area contributed by atoms with Crippen LogP contribution >= 0.6 is 11.3 Å². The molecular formula is C8H12N4O2S. The molecule has 0 aliphatic carbocycles. The van der Waals surface area contributed by atoms with Gasteiger partial charge in [-0.2, -0.15) is 0 Å². The Labute approximate surface area is 90.7 Å². The molecule has 15 heavy (non-hydrogen) atoms. The SMILES string of the molecule is NC(=O)CCC(=O)NCc1csc(N)n1. The summed E-state index contributed by atoms with van der Waals surface area (Å²) in [5, 5.41) is 4.85. The Bertz CT molecular complexity index is 363. The molecule has 7 heteroatoms. The van der Waals surface area contributed by atoms with E-state index in [-0.39, 0.29) is 18.7 Å². The molecule has 0 saturated carbocycles. The lowest BCUT2D eigenvalue weighted by Gasteiger charge is -2.01. The van der Waals surface area contributed by atoms with Crippen molar-refractivity contribution in [3.05, 3.63) is 11.1 Å². The molecule has 0 fully saturated rings. The number of hydrogen-bond acceptors (Lipinski definition) is 5. The van der Waals surface area contributed by atoms with Gasteiger partial charge in [-0.1, -0.05) is 0 Å². The zero-order valence-electron chi connectivity index (χ0n) is 8.03. The predicted molar refractivity (Wildman–Crippen MR) is 56.8 cm³/mol. The molecule has 0 radical (unpaired) electrons. The number of thiazole rings is 1. The molecule has 0 atom stereocenters. The number of nitrogens with zero attached hydrogens (tertiary/aromatic N) is 1. The lowest BCUT2D eigenvalue weighted by atomic mass is 10.3. The zero-order valence-corrected chi connectivity index (χ0v) is 8.84. The summed E-state index contributed by atoms with van der Waals surface area (Å²) in [7, 11) is 0. The summed E-state index contributed by atoms with van der Waals surface area (Å²) in [6.45, 7) is 0.325. The minimum Gasteiger partial charge on any atom is -0.375 e. The number of primary amides is 1. The first-order valence-electron chi connectivity index (χ1n) is 4.33. The van der Waals surface area contributed by atoms with E-state index in [1.807, 2.05) is 0 Å². The number of nitrogens with one attached hydrogen (secondary N) is 1. The highest BCUT2D eigenvalue weighted by molar-refractivity contribution is 7.13. The smallest absolute Gasteiger partial charge is 0.220 e. The van der Waals surface area contributed by atoms with Crippen LogP contribution < -0.4 is 16.8 Å². The van der Waals surface area contributed by atoms with Crippen LogP contribution in [-0.2, 0) is 16.1 Å². The first-order valence-corrected chi connectivity index (χ1v) is 5.21. The molecule has 1 heterocycles. The molecule has 0 aliphatic rings.